The first kappa shape index (κ1) is 51.6. The van der Waals surface area contributed by atoms with Crippen molar-refractivity contribution in [2.75, 3.05) is 65.0 Å². The summed E-state index contributed by atoms with van der Waals surface area (Å²) < 4.78 is 58.6. The summed E-state index contributed by atoms with van der Waals surface area (Å²) >= 11 is 1.34. The fraction of sp³-hybridized carbons (Fsp3) is 0.660. The van der Waals surface area contributed by atoms with Gasteiger partial charge in [-0.1, -0.05) is 34.3 Å². The fourth-order valence-corrected chi connectivity index (χ4v) is 10.7. The average molecular weight is 959 g/mol. The Bertz CT molecular complexity index is 2250. The van der Waals surface area contributed by atoms with Crippen LogP contribution in [-0.2, 0) is 68.1 Å². The Morgan fingerprint density at radius 2 is 1.88 bits per heavy atom. The van der Waals surface area contributed by atoms with E-state index in [-0.39, 0.29) is 36.6 Å². The van der Waals surface area contributed by atoms with Crippen molar-refractivity contribution in [3.8, 4) is 11.3 Å². The van der Waals surface area contributed by atoms with Gasteiger partial charge in [0.15, 0.2) is 0 Å². The number of thiazole rings is 1. The topological polar surface area (TPSA) is 159 Å². The van der Waals surface area contributed by atoms with Crippen LogP contribution in [0.1, 0.15) is 94.4 Å². The molecular formula is C47H69F3N10O6S. The molecule has 20 heteroatoms. The molecule has 3 aliphatic heterocycles. The lowest BCUT2D eigenvalue weighted by Gasteiger charge is -2.35. The summed E-state index contributed by atoms with van der Waals surface area (Å²) in [7, 11) is 4.92. The summed E-state index contributed by atoms with van der Waals surface area (Å²) in [4.78, 5) is 64.7. The Morgan fingerprint density at radius 1 is 1.13 bits per heavy atom. The number of carbonyl (C=O) groups is 4. The third kappa shape index (κ3) is 11.9. The number of likely N-dealkylation sites (N-methyl/N-ethyl adjacent to an activating group) is 1. The highest BCUT2D eigenvalue weighted by Crippen LogP contribution is 2.43. The molecule has 370 valence electrons. The highest BCUT2D eigenvalue weighted by Gasteiger charge is 2.41. The van der Waals surface area contributed by atoms with E-state index in [1.54, 1.807) is 37.0 Å². The quantitative estimate of drug-likeness (QED) is 0.148. The van der Waals surface area contributed by atoms with E-state index in [1.807, 2.05) is 33.1 Å². The molecule has 2 saturated heterocycles. The maximum absolute atomic E-state index is 14.6. The fourth-order valence-electron chi connectivity index (χ4n) is 9.82. The van der Waals surface area contributed by atoms with Crippen LogP contribution in [0.2, 0.25) is 0 Å². The van der Waals surface area contributed by atoms with Crippen molar-refractivity contribution in [2.24, 2.45) is 24.3 Å². The highest BCUT2D eigenvalue weighted by molar-refractivity contribution is 7.10. The first-order chi connectivity index (χ1) is 31.7. The number of halogens is 3. The molecule has 16 nitrogen and oxygen atoms in total. The van der Waals surface area contributed by atoms with Gasteiger partial charge in [-0.15, -0.1) is 11.3 Å². The van der Waals surface area contributed by atoms with Crippen LogP contribution in [0.5, 0.6) is 0 Å². The zero-order valence-electron chi connectivity index (χ0n) is 40.5. The molecule has 3 aromatic heterocycles. The molecule has 67 heavy (non-hydrogen) atoms. The molecule has 0 unspecified atom stereocenters. The lowest BCUT2D eigenvalue weighted by Crippen LogP contribution is -2.59. The molecule has 0 saturated carbocycles. The molecule has 2 fully saturated rings. The number of ether oxygens (including phenoxy) is 2. The third-order valence-electron chi connectivity index (χ3n) is 13.2. The maximum Gasteiger partial charge on any atom is 0.406 e. The Morgan fingerprint density at radius 3 is 2.52 bits per heavy atom. The number of methoxy groups -OCH3 is 1. The van der Waals surface area contributed by atoms with E-state index in [9.17, 15) is 32.3 Å². The second kappa shape index (κ2) is 21.7. The van der Waals surface area contributed by atoms with Crippen molar-refractivity contribution in [3.63, 3.8) is 0 Å². The second-order valence-electron chi connectivity index (χ2n) is 19.1. The smallest absolute Gasteiger partial charge is 0.381 e. The lowest BCUT2D eigenvalue weighted by molar-refractivity contribution is -0.145. The van der Waals surface area contributed by atoms with Crippen LogP contribution in [0.3, 0.4) is 0 Å². The van der Waals surface area contributed by atoms with E-state index >= 15 is 0 Å². The molecule has 3 aliphatic rings. The first-order valence-electron chi connectivity index (χ1n) is 23.3. The maximum atomic E-state index is 14.6. The van der Waals surface area contributed by atoms with Gasteiger partial charge < -0.3 is 34.1 Å². The van der Waals surface area contributed by atoms with Crippen molar-refractivity contribution in [3.05, 3.63) is 51.8 Å². The minimum Gasteiger partial charge on any atom is -0.381 e. The Balaban J connectivity index is 1.31. The van der Waals surface area contributed by atoms with Gasteiger partial charge >= 0.3 is 6.18 Å². The number of alkyl halides is 3. The van der Waals surface area contributed by atoms with Crippen LogP contribution in [0, 0.1) is 17.3 Å². The first-order valence-corrected chi connectivity index (χ1v) is 24.2. The number of aromatic nitrogens is 4. The molecule has 3 aromatic rings. The average Bonchev–Trinajstić information content (AvgIpc) is 4.10. The predicted molar refractivity (Wildman–Crippen MR) is 250 cm³/mol. The number of amides is 4. The summed E-state index contributed by atoms with van der Waals surface area (Å²) in [5, 5.41) is 11.5. The molecule has 0 bridgehead atoms. The predicted octanol–water partition coefficient (Wildman–Crippen LogP) is 5.45. The number of anilines is 1. The van der Waals surface area contributed by atoms with Gasteiger partial charge in [-0.25, -0.2) is 10.4 Å². The summed E-state index contributed by atoms with van der Waals surface area (Å²) in [6, 6.07) is -1.93. The summed E-state index contributed by atoms with van der Waals surface area (Å²) in [5.74, 6) is -1.47. The van der Waals surface area contributed by atoms with Crippen molar-refractivity contribution in [2.45, 2.75) is 118 Å². The normalized spacial score (nSPS) is 18.2. The van der Waals surface area contributed by atoms with Crippen LogP contribution >= 0.6 is 11.3 Å². The molecule has 0 spiro atoms. The van der Waals surface area contributed by atoms with Gasteiger partial charge in [0.1, 0.15) is 24.4 Å². The highest BCUT2D eigenvalue weighted by atomic mass is 32.1. The second-order valence-corrected chi connectivity index (χ2v) is 20.1. The summed E-state index contributed by atoms with van der Waals surface area (Å²) in [5.41, 5.74) is 6.66. The van der Waals surface area contributed by atoms with Crippen molar-refractivity contribution >= 4 is 40.8 Å². The Hall–Kier alpha value is -4.79. The van der Waals surface area contributed by atoms with E-state index in [0.29, 0.717) is 98.7 Å². The van der Waals surface area contributed by atoms with Crippen LogP contribution in [-0.4, -0.2) is 136 Å². The number of aryl methyl sites for hydroxylation is 1. The number of hydrogen-bond acceptors (Lipinski definition) is 11. The number of nitrogens with one attached hydrogen (secondary N) is 2. The van der Waals surface area contributed by atoms with Gasteiger partial charge in [-0.2, -0.15) is 18.3 Å². The van der Waals surface area contributed by atoms with Gasteiger partial charge in [-0.3, -0.25) is 28.9 Å². The number of hydrogen-bond donors (Lipinski definition) is 2. The molecular weight excluding hydrogens is 890 g/mol. The molecule has 0 aromatic carbocycles. The van der Waals surface area contributed by atoms with Crippen LogP contribution in [0.15, 0.2) is 24.2 Å². The molecule has 4 atom stereocenters. The van der Waals surface area contributed by atoms with E-state index in [4.69, 9.17) is 14.5 Å². The summed E-state index contributed by atoms with van der Waals surface area (Å²) in [6.45, 7) is 17.3. The van der Waals surface area contributed by atoms with Gasteiger partial charge in [0.05, 0.1) is 41.2 Å². The van der Waals surface area contributed by atoms with Crippen LogP contribution in [0.25, 0.3) is 11.3 Å². The van der Waals surface area contributed by atoms with Crippen LogP contribution in [0.4, 0.5) is 19.0 Å². The number of nitrogens with zero attached hydrogens (tertiary/aromatic N) is 8. The van der Waals surface area contributed by atoms with Crippen LogP contribution < -0.4 is 15.6 Å². The molecule has 0 radical (unpaired) electrons. The van der Waals surface area contributed by atoms with E-state index < -0.39 is 48.1 Å². The molecule has 6 rings (SSSR count). The SMILES string of the molecule is C=CC(=O)N1CC[C@H](C(=O)N(C)[C@H](C(=O)N[C@@H](Cc2nc(N3CCc4c(c(CC(C)(C)COCC)c(-c5cnn(C)c5[C@H](C)OC)n4CC(F)(F)F)C3)cs2)C(=O)N2CCCCN2)C(C)C)C1. The molecule has 0 aliphatic carbocycles. The number of hydrazine groups is 1. The number of rotatable bonds is 19. The zero-order chi connectivity index (χ0) is 49.0. The van der Waals surface area contributed by atoms with Gasteiger partial charge in [0.25, 0.3) is 5.91 Å². The standard InChI is InChI=1S/C47H69F3N10O6S/c1-11-39(61)58-19-15-31(24-58)44(63)55(8)40(29(3)4)43(62)53-35(45(64)60-18-14-13-17-51-60)21-38-54-37(26-67-38)57-20-16-36-34(25-57)32(22-46(6,7)28-66-12-2)42(59(36)27-47(48,49)50)33-23-52-56(9)41(33)30(5)65-10/h11,23,26,29-31,35,40,51H,1,12-22,24-25,27-28H2,2-10H3,(H,53,62)/t30-,31-,35-,40-/m0/s1. The Kier molecular flexibility index (Phi) is 16.7. The summed E-state index contributed by atoms with van der Waals surface area (Å²) in [6.07, 6.45) is 0.879. The zero-order valence-corrected chi connectivity index (χ0v) is 41.3. The molecule has 2 N–H and O–H groups in total. The number of fused-ring (bicyclic) bond motifs is 1. The monoisotopic (exact) mass is 959 g/mol. The van der Waals surface area contributed by atoms with E-state index in [1.165, 1.54) is 31.9 Å². The van der Waals surface area contributed by atoms with Gasteiger partial charge in [0, 0.05) is 96.6 Å². The van der Waals surface area contributed by atoms with E-state index in [0.717, 1.165) is 24.0 Å². The molecule has 4 amide bonds. The Labute approximate surface area is 396 Å². The minimum absolute atomic E-state index is 0.0701. The van der Waals surface area contributed by atoms with Crippen molar-refractivity contribution < 1.29 is 41.8 Å². The minimum atomic E-state index is -4.51. The van der Waals surface area contributed by atoms with Crippen molar-refractivity contribution in [1.82, 2.24) is 44.9 Å². The van der Waals surface area contributed by atoms with Gasteiger partial charge in [0.2, 0.25) is 17.7 Å². The molecule has 6 heterocycles. The largest absolute Gasteiger partial charge is 0.406 e. The van der Waals surface area contributed by atoms with Gasteiger partial charge in [-0.05, 0) is 68.1 Å². The third-order valence-corrected chi connectivity index (χ3v) is 14.0. The number of likely N-dealkylation sites (tertiary alicyclic amines) is 1. The van der Waals surface area contributed by atoms with Crippen molar-refractivity contribution in [1.29, 1.82) is 0 Å². The number of carbonyl (C=O) groups excluding carboxylic acids is 4. The lowest BCUT2D eigenvalue weighted by atomic mass is 9.83. The van der Waals surface area contributed by atoms with E-state index in [2.05, 4.69) is 41.2 Å².